The standard InChI is InChI=1S/C19H25N3O2/c1-12-20-15-7-13(5-6-16(15)24-12)21-17(23)22-11-19(4)9-14(22)8-18(2,3)10-19/h5-7,14H,8-11H2,1-4H3,(H,21,23)/t14-,19+/m0/s1. The average molecular weight is 327 g/mol. The van der Waals surface area contributed by atoms with Crippen molar-refractivity contribution in [2.24, 2.45) is 10.8 Å². The van der Waals surface area contributed by atoms with Gasteiger partial charge in [0.25, 0.3) is 0 Å². The van der Waals surface area contributed by atoms with Gasteiger partial charge in [-0.05, 0) is 48.3 Å². The smallest absolute Gasteiger partial charge is 0.322 e. The van der Waals surface area contributed by atoms with Crippen molar-refractivity contribution >= 4 is 22.8 Å². The first-order valence-corrected chi connectivity index (χ1v) is 8.68. The minimum absolute atomic E-state index is 0.000918. The first kappa shape index (κ1) is 15.5. The maximum Gasteiger partial charge on any atom is 0.322 e. The van der Waals surface area contributed by atoms with E-state index in [1.54, 1.807) is 0 Å². The molecule has 0 spiro atoms. The van der Waals surface area contributed by atoms with Crippen molar-refractivity contribution in [1.82, 2.24) is 9.88 Å². The molecule has 2 amide bonds. The number of anilines is 1. The highest BCUT2D eigenvalue weighted by molar-refractivity contribution is 5.92. The minimum Gasteiger partial charge on any atom is -0.441 e. The van der Waals surface area contributed by atoms with Gasteiger partial charge in [-0.2, -0.15) is 0 Å². The summed E-state index contributed by atoms with van der Waals surface area (Å²) < 4.78 is 5.49. The number of hydrogen-bond acceptors (Lipinski definition) is 3. The van der Waals surface area contributed by atoms with Crippen LogP contribution in [0.5, 0.6) is 0 Å². The van der Waals surface area contributed by atoms with Crippen LogP contribution in [0.15, 0.2) is 22.6 Å². The minimum atomic E-state index is 0.000918. The molecule has 2 bridgehead atoms. The van der Waals surface area contributed by atoms with Crippen LogP contribution in [0.25, 0.3) is 11.1 Å². The number of nitrogens with one attached hydrogen (secondary N) is 1. The molecule has 1 saturated carbocycles. The largest absolute Gasteiger partial charge is 0.441 e. The van der Waals surface area contributed by atoms with Gasteiger partial charge in [-0.15, -0.1) is 0 Å². The molecule has 1 aliphatic carbocycles. The van der Waals surface area contributed by atoms with E-state index in [1.807, 2.05) is 30.0 Å². The summed E-state index contributed by atoms with van der Waals surface area (Å²) in [6.45, 7) is 9.63. The summed E-state index contributed by atoms with van der Waals surface area (Å²) in [5, 5.41) is 3.05. The fraction of sp³-hybridized carbons (Fsp3) is 0.579. The molecule has 2 fully saturated rings. The number of amides is 2. The highest BCUT2D eigenvalue weighted by atomic mass is 16.3. The first-order valence-electron chi connectivity index (χ1n) is 8.68. The van der Waals surface area contributed by atoms with Gasteiger partial charge in [0.1, 0.15) is 5.52 Å². The maximum atomic E-state index is 12.8. The van der Waals surface area contributed by atoms with E-state index < -0.39 is 0 Å². The lowest BCUT2D eigenvalue weighted by atomic mass is 9.65. The van der Waals surface area contributed by atoms with E-state index in [0.29, 0.717) is 17.3 Å². The predicted molar refractivity (Wildman–Crippen MR) is 94.0 cm³/mol. The molecule has 1 aliphatic heterocycles. The molecular formula is C19H25N3O2. The van der Waals surface area contributed by atoms with Crippen molar-refractivity contribution in [3.05, 3.63) is 24.1 Å². The van der Waals surface area contributed by atoms with Crippen LogP contribution in [0.4, 0.5) is 10.5 Å². The van der Waals surface area contributed by atoms with Gasteiger partial charge in [0, 0.05) is 25.2 Å². The van der Waals surface area contributed by atoms with Crippen LogP contribution in [0.2, 0.25) is 0 Å². The number of nitrogens with zero attached hydrogens (tertiary/aromatic N) is 2. The Morgan fingerprint density at radius 2 is 2.12 bits per heavy atom. The number of hydrogen-bond donors (Lipinski definition) is 1. The summed E-state index contributed by atoms with van der Waals surface area (Å²) in [5.74, 6) is 0.636. The summed E-state index contributed by atoms with van der Waals surface area (Å²) in [5.41, 5.74) is 2.85. The topological polar surface area (TPSA) is 58.4 Å². The Labute approximate surface area is 142 Å². The second-order valence-electron chi connectivity index (χ2n) is 8.69. The van der Waals surface area contributed by atoms with Crippen molar-refractivity contribution in [2.75, 3.05) is 11.9 Å². The zero-order valence-electron chi connectivity index (χ0n) is 14.8. The van der Waals surface area contributed by atoms with Crippen LogP contribution in [0, 0.1) is 17.8 Å². The Balaban J connectivity index is 1.53. The van der Waals surface area contributed by atoms with E-state index in [9.17, 15) is 4.79 Å². The Morgan fingerprint density at radius 1 is 1.33 bits per heavy atom. The lowest BCUT2D eigenvalue weighted by molar-refractivity contribution is 0.130. The Morgan fingerprint density at radius 3 is 2.92 bits per heavy atom. The molecule has 1 aromatic carbocycles. The van der Waals surface area contributed by atoms with Crippen LogP contribution in [-0.4, -0.2) is 28.5 Å². The van der Waals surface area contributed by atoms with Gasteiger partial charge in [0.05, 0.1) is 0 Å². The number of likely N-dealkylation sites (tertiary alicyclic amines) is 1. The van der Waals surface area contributed by atoms with E-state index >= 15 is 0 Å². The fourth-order valence-electron chi connectivity index (χ4n) is 5.01. The third-order valence-corrected chi connectivity index (χ3v) is 5.42. The number of rotatable bonds is 1. The lowest BCUT2D eigenvalue weighted by Crippen LogP contribution is -2.40. The van der Waals surface area contributed by atoms with Gasteiger partial charge in [0.15, 0.2) is 11.5 Å². The third-order valence-electron chi connectivity index (χ3n) is 5.42. The fourth-order valence-corrected chi connectivity index (χ4v) is 5.01. The number of urea groups is 1. The van der Waals surface area contributed by atoms with Gasteiger partial charge < -0.3 is 14.6 Å². The van der Waals surface area contributed by atoms with E-state index in [2.05, 4.69) is 31.1 Å². The number of oxazole rings is 1. The van der Waals surface area contributed by atoms with E-state index in [1.165, 1.54) is 6.42 Å². The number of benzene rings is 1. The molecule has 1 N–H and O–H groups in total. The van der Waals surface area contributed by atoms with Crippen molar-refractivity contribution in [2.45, 2.75) is 53.0 Å². The zero-order chi connectivity index (χ0) is 17.1. The van der Waals surface area contributed by atoms with Crippen molar-refractivity contribution < 1.29 is 9.21 Å². The Bertz CT molecular complexity index is 810. The first-order chi connectivity index (χ1) is 11.2. The molecule has 2 aliphatic rings. The molecule has 1 saturated heterocycles. The molecule has 0 unspecified atom stereocenters. The van der Waals surface area contributed by atoms with Gasteiger partial charge in [-0.25, -0.2) is 9.78 Å². The van der Waals surface area contributed by atoms with Crippen molar-refractivity contribution in [3.8, 4) is 0 Å². The number of aryl methyl sites for hydroxylation is 1. The molecule has 24 heavy (non-hydrogen) atoms. The molecule has 128 valence electrons. The van der Waals surface area contributed by atoms with Crippen LogP contribution < -0.4 is 5.32 Å². The molecule has 0 radical (unpaired) electrons. The normalized spacial score (nSPS) is 28.3. The summed E-state index contributed by atoms with van der Waals surface area (Å²) in [6, 6.07) is 5.95. The molecule has 2 atom stereocenters. The summed E-state index contributed by atoms with van der Waals surface area (Å²) >= 11 is 0. The van der Waals surface area contributed by atoms with Crippen LogP contribution >= 0.6 is 0 Å². The maximum absolute atomic E-state index is 12.8. The van der Waals surface area contributed by atoms with Crippen LogP contribution in [0.3, 0.4) is 0 Å². The van der Waals surface area contributed by atoms with Gasteiger partial charge in [-0.1, -0.05) is 20.8 Å². The average Bonchev–Trinajstić information content (AvgIpc) is 2.93. The Hall–Kier alpha value is -2.04. The third kappa shape index (κ3) is 2.66. The van der Waals surface area contributed by atoms with Gasteiger partial charge >= 0.3 is 6.03 Å². The quantitative estimate of drug-likeness (QED) is 0.834. The second kappa shape index (κ2) is 4.98. The lowest BCUT2D eigenvalue weighted by Gasteiger charge is -2.39. The van der Waals surface area contributed by atoms with Crippen molar-refractivity contribution in [1.29, 1.82) is 0 Å². The summed E-state index contributed by atoms with van der Waals surface area (Å²) in [7, 11) is 0. The SMILES string of the molecule is Cc1nc2cc(NC(=O)N3C[C@]4(C)C[C@@H]3CC(C)(C)C4)ccc2o1. The highest BCUT2D eigenvalue weighted by Crippen LogP contribution is 2.52. The number of aromatic nitrogens is 1. The number of fused-ring (bicyclic) bond motifs is 3. The summed E-state index contributed by atoms with van der Waals surface area (Å²) in [4.78, 5) is 19.2. The summed E-state index contributed by atoms with van der Waals surface area (Å²) in [6.07, 6.45) is 3.38. The van der Waals surface area contributed by atoms with Gasteiger partial charge in [0.2, 0.25) is 0 Å². The Kier molecular flexibility index (Phi) is 3.21. The molecule has 1 aromatic heterocycles. The van der Waals surface area contributed by atoms with Gasteiger partial charge in [-0.3, -0.25) is 0 Å². The molecule has 4 rings (SSSR count). The van der Waals surface area contributed by atoms with E-state index in [4.69, 9.17) is 4.42 Å². The number of carbonyl (C=O) groups is 1. The van der Waals surface area contributed by atoms with Crippen LogP contribution in [0.1, 0.15) is 45.9 Å². The number of carbonyl (C=O) groups excluding carboxylic acids is 1. The highest BCUT2D eigenvalue weighted by Gasteiger charge is 2.51. The van der Waals surface area contributed by atoms with Crippen LogP contribution in [-0.2, 0) is 0 Å². The molecule has 5 heteroatoms. The predicted octanol–water partition coefficient (Wildman–Crippen LogP) is 4.57. The van der Waals surface area contributed by atoms with Crippen molar-refractivity contribution in [3.63, 3.8) is 0 Å². The molecular weight excluding hydrogens is 302 g/mol. The molecule has 2 aromatic rings. The zero-order valence-corrected chi connectivity index (χ0v) is 14.8. The van der Waals surface area contributed by atoms with E-state index in [0.717, 1.165) is 36.2 Å². The van der Waals surface area contributed by atoms with E-state index in [-0.39, 0.29) is 11.4 Å². The monoisotopic (exact) mass is 327 g/mol. The molecule has 5 nitrogen and oxygen atoms in total. The second-order valence-corrected chi connectivity index (χ2v) is 8.69. The molecule has 2 heterocycles.